The number of carboxylic acid groups (broad SMARTS) is 1. The smallest absolute Gasteiger partial charge is 0.305 e. The minimum Gasteiger partial charge on any atom is -0.481 e. The SMILES string of the molecule is CSCC(=O)NC(CC(=O)O)c1ccc(SC)cc1. The lowest BCUT2D eigenvalue weighted by molar-refractivity contribution is -0.137. The number of aliphatic carboxylic acids is 1. The summed E-state index contributed by atoms with van der Waals surface area (Å²) in [7, 11) is 0. The van der Waals surface area contributed by atoms with Crippen LogP contribution in [0.2, 0.25) is 0 Å². The lowest BCUT2D eigenvalue weighted by Gasteiger charge is -2.17. The van der Waals surface area contributed by atoms with Gasteiger partial charge in [0.25, 0.3) is 0 Å². The highest BCUT2D eigenvalue weighted by Gasteiger charge is 2.17. The summed E-state index contributed by atoms with van der Waals surface area (Å²) >= 11 is 3.03. The molecule has 0 radical (unpaired) electrons. The summed E-state index contributed by atoms with van der Waals surface area (Å²) in [5.74, 6) is -0.741. The quantitative estimate of drug-likeness (QED) is 0.757. The fourth-order valence-corrected chi connectivity index (χ4v) is 2.38. The highest BCUT2D eigenvalue weighted by molar-refractivity contribution is 7.99. The van der Waals surface area contributed by atoms with Crippen LogP contribution in [0.15, 0.2) is 29.2 Å². The van der Waals surface area contributed by atoms with Gasteiger partial charge in [0.1, 0.15) is 0 Å². The average molecular weight is 299 g/mol. The van der Waals surface area contributed by atoms with E-state index >= 15 is 0 Å². The molecule has 1 aromatic carbocycles. The van der Waals surface area contributed by atoms with Crippen LogP contribution in [-0.2, 0) is 9.59 Å². The molecule has 0 saturated heterocycles. The second-order valence-electron chi connectivity index (χ2n) is 3.92. The molecule has 1 aromatic rings. The van der Waals surface area contributed by atoms with Gasteiger partial charge in [-0.05, 0) is 30.2 Å². The lowest BCUT2D eigenvalue weighted by atomic mass is 10.0. The van der Waals surface area contributed by atoms with Crippen LogP contribution >= 0.6 is 23.5 Å². The fourth-order valence-electron chi connectivity index (χ4n) is 1.63. The zero-order valence-corrected chi connectivity index (χ0v) is 12.5. The van der Waals surface area contributed by atoms with Crippen LogP contribution in [0.3, 0.4) is 0 Å². The summed E-state index contributed by atoms with van der Waals surface area (Å²) < 4.78 is 0. The molecule has 1 amide bonds. The highest BCUT2D eigenvalue weighted by atomic mass is 32.2. The second kappa shape index (κ2) is 8.12. The predicted octanol–water partition coefficient (Wildman–Crippen LogP) is 2.40. The summed E-state index contributed by atoms with van der Waals surface area (Å²) in [4.78, 5) is 23.6. The van der Waals surface area contributed by atoms with Crippen molar-refractivity contribution in [3.63, 3.8) is 0 Å². The van der Waals surface area contributed by atoms with Gasteiger partial charge >= 0.3 is 5.97 Å². The Bertz CT molecular complexity index is 434. The van der Waals surface area contributed by atoms with Gasteiger partial charge in [-0.2, -0.15) is 11.8 Å². The van der Waals surface area contributed by atoms with E-state index in [0.29, 0.717) is 5.75 Å². The number of carbonyl (C=O) groups excluding carboxylic acids is 1. The summed E-state index contributed by atoms with van der Waals surface area (Å²) in [5, 5.41) is 11.7. The Morgan fingerprint density at radius 1 is 1.26 bits per heavy atom. The van der Waals surface area contributed by atoms with Crippen molar-refractivity contribution in [2.75, 3.05) is 18.3 Å². The van der Waals surface area contributed by atoms with E-state index in [-0.39, 0.29) is 12.3 Å². The number of carboxylic acids is 1. The molecule has 1 rings (SSSR count). The average Bonchev–Trinajstić information content (AvgIpc) is 2.38. The number of hydrogen-bond acceptors (Lipinski definition) is 4. The van der Waals surface area contributed by atoms with Gasteiger partial charge in [-0.1, -0.05) is 12.1 Å². The van der Waals surface area contributed by atoms with Crippen molar-refractivity contribution in [1.82, 2.24) is 5.32 Å². The first-order chi connectivity index (χ1) is 9.06. The van der Waals surface area contributed by atoms with Crippen molar-refractivity contribution < 1.29 is 14.7 Å². The molecule has 0 saturated carbocycles. The number of carbonyl (C=O) groups is 2. The zero-order chi connectivity index (χ0) is 14.3. The molecule has 0 heterocycles. The number of hydrogen-bond donors (Lipinski definition) is 2. The first kappa shape index (κ1) is 15.9. The molecule has 1 atom stereocenters. The van der Waals surface area contributed by atoms with Crippen molar-refractivity contribution in [3.05, 3.63) is 29.8 Å². The van der Waals surface area contributed by atoms with Crippen LogP contribution in [-0.4, -0.2) is 35.2 Å². The molecule has 0 aliphatic carbocycles. The van der Waals surface area contributed by atoms with Gasteiger partial charge in [-0.3, -0.25) is 9.59 Å². The molecule has 0 aliphatic rings. The van der Waals surface area contributed by atoms with Crippen LogP contribution in [0.5, 0.6) is 0 Å². The minimum atomic E-state index is -0.927. The van der Waals surface area contributed by atoms with Crippen molar-refractivity contribution in [3.8, 4) is 0 Å². The standard InChI is InChI=1S/C13H17NO3S2/c1-18-8-12(15)14-11(7-13(16)17)9-3-5-10(19-2)6-4-9/h3-6,11H,7-8H2,1-2H3,(H,14,15)(H,16,17). The Kier molecular flexibility index (Phi) is 6.80. The Balaban J connectivity index is 2.82. The number of nitrogens with one attached hydrogen (secondary N) is 1. The van der Waals surface area contributed by atoms with E-state index < -0.39 is 12.0 Å². The maximum absolute atomic E-state index is 11.6. The molecule has 0 fully saturated rings. The third-order valence-corrected chi connectivity index (χ3v) is 3.80. The van der Waals surface area contributed by atoms with E-state index in [1.165, 1.54) is 11.8 Å². The molecule has 0 bridgehead atoms. The lowest BCUT2D eigenvalue weighted by Crippen LogP contribution is -2.31. The number of thioether (sulfide) groups is 2. The molecule has 1 unspecified atom stereocenters. The fraction of sp³-hybridized carbons (Fsp3) is 0.385. The van der Waals surface area contributed by atoms with Crippen LogP contribution in [0, 0.1) is 0 Å². The Morgan fingerprint density at radius 3 is 2.37 bits per heavy atom. The normalized spacial score (nSPS) is 11.9. The molecule has 2 N–H and O–H groups in total. The summed E-state index contributed by atoms with van der Waals surface area (Å²) in [5.41, 5.74) is 0.814. The van der Waals surface area contributed by atoms with Gasteiger partial charge in [0.2, 0.25) is 5.91 Å². The molecular weight excluding hydrogens is 282 g/mol. The van der Waals surface area contributed by atoms with Gasteiger partial charge in [-0.25, -0.2) is 0 Å². The predicted molar refractivity (Wildman–Crippen MR) is 79.7 cm³/mol. The molecule has 0 aliphatic heterocycles. The highest BCUT2D eigenvalue weighted by Crippen LogP contribution is 2.21. The first-order valence-electron chi connectivity index (χ1n) is 5.71. The number of amides is 1. The van der Waals surface area contributed by atoms with Crippen LogP contribution < -0.4 is 5.32 Å². The van der Waals surface area contributed by atoms with Gasteiger partial charge < -0.3 is 10.4 Å². The number of rotatable bonds is 7. The van der Waals surface area contributed by atoms with Gasteiger partial charge in [-0.15, -0.1) is 11.8 Å². The largest absolute Gasteiger partial charge is 0.481 e. The molecule has 0 aromatic heterocycles. The van der Waals surface area contributed by atoms with E-state index in [4.69, 9.17) is 5.11 Å². The molecule has 104 valence electrons. The summed E-state index contributed by atoms with van der Waals surface area (Å²) in [6, 6.07) is 7.09. The molecule has 4 nitrogen and oxygen atoms in total. The van der Waals surface area contributed by atoms with Crippen molar-refractivity contribution >= 4 is 35.4 Å². The van der Waals surface area contributed by atoms with Gasteiger partial charge in [0.05, 0.1) is 18.2 Å². The number of benzene rings is 1. The van der Waals surface area contributed by atoms with Crippen molar-refractivity contribution in [2.24, 2.45) is 0 Å². The van der Waals surface area contributed by atoms with E-state index in [9.17, 15) is 9.59 Å². The summed E-state index contributed by atoms with van der Waals surface area (Å²) in [6.45, 7) is 0. The van der Waals surface area contributed by atoms with Crippen molar-refractivity contribution in [1.29, 1.82) is 0 Å². The van der Waals surface area contributed by atoms with Crippen LogP contribution in [0.4, 0.5) is 0 Å². The molecule has 0 spiro atoms. The Hall–Kier alpha value is -1.14. The van der Waals surface area contributed by atoms with Crippen LogP contribution in [0.25, 0.3) is 0 Å². The Morgan fingerprint density at radius 2 is 1.89 bits per heavy atom. The third kappa shape index (κ3) is 5.57. The van der Waals surface area contributed by atoms with E-state index in [0.717, 1.165) is 10.5 Å². The minimum absolute atomic E-state index is 0.112. The van der Waals surface area contributed by atoms with Crippen molar-refractivity contribution in [2.45, 2.75) is 17.4 Å². The monoisotopic (exact) mass is 299 g/mol. The molecule has 19 heavy (non-hydrogen) atoms. The Labute approximate surface area is 121 Å². The third-order valence-electron chi connectivity index (χ3n) is 2.51. The zero-order valence-electron chi connectivity index (χ0n) is 10.9. The van der Waals surface area contributed by atoms with E-state index in [2.05, 4.69) is 5.32 Å². The molecule has 6 heteroatoms. The van der Waals surface area contributed by atoms with Gasteiger partial charge in [0, 0.05) is 4.90 Å². The van der Waals surface area contributed by atoms with Crippen LogP contribution in [0.1, 0.15) is 18.0 Å². The summed E-state index contributed by atoms with van der Waals surface area (Å²) in [6.07, 6.45) is 3.70. The van der Waals surface area contributed by atoms with E-state index in [1.54, 1.807) is 11.8 Å². The maximum atomic E-state index is 11.6. The maximum Gasteiger partial charge on any atom is 0.305 e. The van der Waals surface area contributed by atoms with E-state index in [1.807, 2.05) is 36.8 Å². The topological polar surface area (TPSA) is 66.4 Å². The van der Waals surface area contributed by atoms with Gasteiger partial charge in [0.15, 0.2) is 0 Å². The first-order valence-corrected chi connectivity index (χ1v) is 8.32. The molecular formula is C13H17NO3S2. The second-order valence-corrected chi connectivity index (χ2v) is 5.67.